The molecule has 2 atom stereocenters. The van der Waals surface area contributed by atoms with Gasteiger partial charge in [-0.3, -0.25) is 9.98 Å². The summed E-state index contributed by atoms with van der Waals surface area (Å²) in [6.07, 6.45) is 3.38. The van der Waals surface area contributed by atoms with E-state index in [1.807, 2.05) is 13.0 Å². The molecule has 0 aromatic heterocycles. The van der Waals surface area contributed by atoms with E-state index in [4.69, 9.17) is 5.73 Å². The molecule has 0 radical (unpaired) electrons. The standard InChI is InChI=1S/C7H11N3.HI.H2/c1-5-3-4-10-7(8)6(5)9-2;;/h3-4,6-7H,2,8H2,1H3;2*1H. The third-order valence-electron chi connectivity index (χ3n) is 1.58. The van der Waals surface area contributed by atoms with E-state index in [-0.39, 0.29) is 37.6 Å². The third kappa shape index (κ3) is 2.37. The van der Waals surface area contributed by atoms with Crippen LogP contribution in [-0.4, -0.2) is 25.1 Å². The molecule has 3 nitrogen and oxygen atoms in total. The number of allylic oxidation sites excluding steroid dienone is 1. The molecule has 2 N–H and O–H groups in total. The average Bonchev–Trinajstić information content (AvgIpc) is 1.88. The summed E-state index contributed by atoms with van der Waals surface area (Å²) in [6.45, 7) is 5.42. The van der Waals surface area contributed by atoms with E-state index in [9.17, 15) is 0 Å². The topological polar surface area (TPSA) is 50.7 Å². The predicted octanol–water partition coefficient (Wildman–Crippen LogP) is 1.24. The molecular weight excluding hydrogens is 253 g/mol. The van der Waals surface area contributed by atoms with Gasteiger partial charge in [-0.15, -0.1) is 24.0 Å². The molecular formula is C7H14IN3. The van der Waals surface area contributed by atoms with Crippen LogP contribution >= 0.6 is 24.0 Å². The summed E-state index contributed by atoms with van der Waals surface area (Å²) >= 11 is 0. The van der Waals surface area contributed by atoms with E-state index in [2.05, 4.69) is 16.7 Å². The van der Waals surface area contributed by atoms with Gasteiger partial charge < -0.3 is 5.73 Å². The molecule has 0 saturated heterocycles. The van der Waals surface area contributed by atoms with Crippen molar-refractivity contribution in [1.82, 2.24) is 0 Å². The second-order valence-corrected chi connectivity index (χ2v) is 2.33. The van der Waals surface area contributed by atoms with Gasteiger partial charge >= 0.3 is 0 Å². The van der Waals surface area contributed by atoms with Gasteiger partial charge in [-0.05, 0) is 25.3 Å². The quantitative estimate of drug-likeness (QED) is 0.564. The Kier molecular flexibility index (Phi) is 4.51. The smallest absolute Gasteiger partial charge is 0.123 e. The summed E-state index contributed by atoms with van der Waals surface area (Å²) in [6, 6.07) is -0.0231. The van der Waals surface area contributed by atoms with Gasteiger partial charge in [0.1, 0.15) is 12.2 Å². The number of halogens is 1. The Hall–Kier alpha value is -0.230. The maximum absolute atomic E-state index is 5.61. The highest BCUT2D eigenvalue weighted by Gasteiger charge is 2.17. The first kappa shape index (κ1) is 10.8. The Morgan fingerprint density at radius 2 is 2.45 bits per heavy atom. The van der Waals surface area contributed by atoms with Crippen LogP contribution in [0.1, 0.15) is 8.35 Å². The average molecular weight is 267 g/mol. The lowest BCUT2D eigenvalue weighted by atomic mass is 10.1. The number of hydrogen-bond acceptors (Lipinski definition) is 3. The van der Waals surface area contributed by atoms with Crippen molar-refractivity contribution in [2.75, 3.05) is 0 Å². The monoisotopic (exact) mass is 267 g/mol. The lowest BCUT2D eigenvalue weighted by molar-refractivity contribution is 0.603. The van der Waals surface area contributed by atoms with E-state index in [1.165, 1.54) is 0 Å². The fourth-order valence-corrected chi connectivity index (χ4v) is 0.961. The van der Waals surface area contributed by atoms with Gasteiger partial charge in [-0.2, -0.15) is 0 Å². The van der Waals surface area contributed by atoms with Gasteiger partial charge in [-0.25, -0.2) is 0 Å². The fourth-order valence-electron chi connectivity index (χ4n) is 0.961. The molecule has 0 spiro atoms. The second-order valence-electron chi connectivity index (χ2n) is 2.33. The molecule has 11 heavy (non-hydrogen) atoms. The van der Waals surface area contributed by atoms with Crippen molar-refractivity contribution in [2.24, 2.45) is 15.7 Å². The van der Waals surface area contributed by atoms with Gasteiger partial charge in [0.25, 0.3) is 0 Å². The van der Waals surface area contributed by atoms with Crippen LogP contribution in [0, 0.1) is 0 Å². The molecule has 4 heteroatoms. The van der Waals surface area contributed by atoms with Gasteiger partial charge in [0.05, 0.1) is 0 Å². The molecule has 0 amide bonds. The van der Waals surface area contributed by atoms with E-state index in [1.54, 1.807) is 6.21 Å². The SMILES string of the molecule is C=NC1C(C)=CC=NC1N.I.[HH]. The van der Waals surface area contributed by atoms with Gasteiger partial charge in [0.2, 0.25) is 0 Å². The Morgan fingerprint density at radius 1 is 1.82 bits per heavy atom. The van der Waals surface area contributed by atoms with Crippen LogP contribution in [0.4, 0.5) is 0 Å². The summed E-state index contributed by atoms with van der Waals surface area (Å²) in [5.74, 6) is 0. The molecule has 0 fully saturated rings. The highest BCUT2D eigenvalue weighted by Crippen LogP contribution is 2.12. The molecule has 1 aliphatic rings. The molecule has 0 aliphatic carbocycles. The van der Waals surface area contributed by atoms with E-state index in [0.717, 1.165) is 5.57 Å². The minimum Gasteiger partial charge on any atom is -0.308 e. The Bertz CT molecular complexity index is 203. The number of nitrogens with zero attached hydrogens (tertiary/aromatic N) is 2. The highest BCUT2D eigenvalue weighted by atomic mass is 127. The third-order valence-corrected chi connectivity index (χ3v) is 1.58. The highest BCUT2D eigenvalue weighted by molar-refractivity contribution is 14.0. The van der Waals surface area contributed by atoms with Crippen molar-refractivity contribution in [3.63, 3.8) is 0 Å². The maximum Gasteiger partial charge on any atom is 0.123 e. The van der Waals surface area contributed by atoms with Crippen molar-refractivity contribution in [1.29, 1.82) is 0 Å². The number of aliphatic imine (C=N–C) groups is 2. The molecule has 0 saturated carbocycles. The maximum atomic E-state index is 5.61. The first-order valence-corrected chi connectivity index (χ1v) is 3.17. The van der Waals surface area contributed by atoms with E-state index in [0.29, 0.717) is 0 Å². The zero-order chi connectivity index (χ0) is 7.56. The summed E-state index contributed by atoms with van der Waals surface area (Å²) in [5.41, 5.74) is 6.73. The normalized spacial score (nSPS) is 28.7. The molecule has 2 unspecified atom stereocenters. The lowest BCUT2D eigenvalue weighted by Crippen LogP contribution is -2.34. The summed E-state index contributed by atoms with van der Waals surface area (Å²) in [7, 11) is 0. The Morgan fingerprint density at radius 3 is 2.82 bits per heavy atom. The minimum atomic E-state index is -0.234. The number of nitrogens with two attached hydrogens (primary N) is 1. The van der Waals surface area contributed by atoms with Gasteiger partial charge in [0.15, 0.2) is 0 Å². The van der Waals surface area contributed by atoms with Crippen molar-refractivity contribution in [3.05, 3.63) is 11.6 Å². The molecule has 1 heterocycles. The first-order chi connectivity index (χ1) is 4.75. The molecule has 0 aromatic rings. The van der Waals surface area contributed by atoms with Crippen LogP contribution in [0.5, 0.6) is 0 Å². The molecule has 64 valence electrons. The van der Waals surface area contributed by atoms with Crippen LogP contribution in [0.2, 0.25) is 0 Å². The zero-order valence-electron chi connectivity index (χ0n) is 6.40. The van der Waals surface area contributed by atoms with Crippen molar-refractivity contribution < 1.29 is 1.43 Å². The second kappa shape index (κ2) is 4.61. The zero-order valence-corrected chi connectivity index (χ0v) is 8.73. The van der Waals surface area contributed by atoms with Crippen LogP contribution in [-0.2, 0) is 0 Å². The van der Waals surface area contributed by atoms with Crippen molar-refractivity contribution in [3.8, 4) is 0 Å². The predicted molar refractivity (Wildman–Crippen MR) is 61.1 cm³/mol. The lowest BCUT2D eigenvalue weighted by Gasteiger charge is -2.19. The Balaban J connectivity index is 0. The van der Waals surface area contributed by atoms with Crippen molar-refractivity contribution >= 4 is 36.9 Å². The first-order valence-electron chi connectivity index (χ1n) is 3.17. The number of hydrogen-bond donors (Lipinski definition) is 1. The van der Waals surface area contributed by atoms with Crippen molar-refractivity contribution in [2.45, 2.75) is 19.1 Å². The minimum absolute atomic E-state index is 0. The molecule has 0 aromatic carbocycles. The van der Waals surface area contributed by atoms with Gasteiger partial charge in [0, 0.05) is 7.64 Å². The van der Waals surface area contributed by atoms with Crippen LogP contribution < -0.4 is 5.73 Å². The molecule has 1 rings (SSSR count). The fraction of sp³-hybridized carbons (Fsp3) is 0.429. The van der Waals surface area contributed by atoms with Gasteiger partial charge in [-0.1, -0.05) is 0 Å². The molecule has 1 aliphatic heterocycles. The summed E-state index contributed by atoms with van der Waals surface area (Å²) in [5, 5.41) is 0. The number of dihydropyridines is 1. The van der Waals surface area contributed by atoms with E-state index < -0.39 is 0 Å². The summed E-state index contributed by atoms with van der Waals surface area (Å²) < 4.78 is 0. The number of rotatable bonds is 1. The molecule has 0 bridgehead atoms. The van der Waals surface area contributed by atoms with Crippen LogP contribution in [0.25, 0.3) is 0 Å². The Labute approximate surface area is 85.0 Å². The summed E-state index contributed by atoms with van der Waals surface area (Å²) in [4.78, 5) is 7.83. The van der Waals surface area contributed by atoms with E-state index >= 15 is 0 Å². The largest absolute Gasteiger partial charge is 0.308 e. The van der Waals surface area contributed by atoms with Crippen LogP contribution in [0.3, 0.4) is 0 Å². The van der Waals surface area contributed by atoms with Crippen LogP contribution in [0.15, 0.2) is 21.6 Å².